The average molecular weight is 484 g/mol. The van der Waals surface area contributed by atoms with E-state index in [0.717, 1.165) is 16.9 Å². The first-order chi connectivity index (χ1) is 16.0. The molecule has 168 valence electrons. The van der Waals surface area contributed by atoms with Gasteiger partial charge in [0.2, 0.25) is 17.7 Å². The van der Waals surface area contributed by atoms with Crippen molar-refractivity contribution in [3.05, 3.63) is 64.4 Å². The Bertz CT molecular complexity index is 1290. The Morgan fingerprint density at radius 2 is 1.97 bits per heavy atom. The van der Waals surface area contributed by atoms with Crippen molar-refractivity contribution >= 4 is 51.9 Å². The summed E-state index contributed by atoms with van der Waals surface area (Å²) < 4.78 is 5.93. The van der Waals surface area contributed by atoms with Crippen LogP contribution in [0, 0.1) is 0 Å². The van der Waals surface area contributed by atoms with Gasteiger partial charge < -0.3 is 25.3 Å². The van der Waals surface area contributed by atoms with Gasteiger partial charge in [0.25, 0.3) is 0 Å². The first kappa shape index (κ1) is 21.3. The largest absolute Gasteiger partial charge is 0.437 e. The molecule has 1 aliphatic rings. The van der Waals surface area contributed by atoms with Gasteiger partial charge in [0, 0.05) is 24.2 Å². The Balaban J connectivity index is 1.42. The van der Waals surface area contributed by atoms with E-state index in [1.807, 2.05) is 29.2 Å². The van der Waals surface area contributed by atoms with Crippen molar-refractivity contribution in [1.29, 1.82) is 0 Å². The third-order valence-corrected chi connectivity index (χ3v) is 5.54. The lowest BCUT2D eigenvalue weighted by Gasteiger charge is -2.28. The molecule has 1 aliphatic heterocycles. The molecule has 2 aromatic heterocycles. The topological polar surface area (TPSA) is 108 Å². The Kier molecular flexibility index (Phi) is 5.89. The molecule has 11 heteroatoms. The monoisotopic (exact) mass is 483 g/mol. The number of carbonyl (C=O) groups excluding carboxylic acids is 1. The number of hydrogen-bond donors (Lipinski definition) is 3. The van der Waals surface area contributed by atoms with Gasteiger partial charge in [0.05, 0.1) is 29.1 Å². The van der Waals surface area contributed by atoms with Crippen molar-refractivity contribution in [2.45, 2.75) is 6.54 Å². The number of H-pyrrole nitrogens is 1. The van der Waals surface area contributed by atoms with Gasteiger partial charge in [-0.2, -0.15) is 9.97 Å². The van der Waals surface area contributed by atoms with Crippen molar-refractivity contribution in [3.8, 4) is 11.6 Å². The molecule has 9 nitrogen and oxygen atoms in total. The van der Waals surface area contributed by atoms with Gasteiger partial charge >= 0.3 is 0 Å². The number of imidazole rings is 1. The van der Waals surface area contributed by atoms with Crippen molar-refractivity contribution in [2.24, 2.45) is 0 Å². The second kappa shape index (κ2) is 9.13. The van der Waals surface area contributed by atoms with E-state index in [9.17, 15) is 4.79 Å². The number of hydrogen-bond acceptors (Lipinski definition) is 7. The summed E-state index contributed by atoms with van der Waals surface area (Å²) in [4.78, 5) is 30.6. The van der Waals surface area contributed by atoms with Crippen LogP contribution in [0.5, 0.6) is 11.6 Å². The molecule has 33 heavy (non-hydrogen) atoms. The summed E-state index contributed by atoms with van der Waals surface area (Å²) in [6.07, 6.45) is 0. The normalized spacial score (nSPS) is 13.8. The Hall–Kier alpha value is -3.56. The fourth-order valence-electron chi connectivity index (χ4n) is 3.46. The van der Waals surface area contributed by atoms with Crippen LogP contribution in [0.1, 0.15) is 5.82 Å². The minimum absolute atomic E-state index is 0.0696. The standard InChI is InChI=1S/C22H19Cl2N7O2/c23-13-5-6-17(14(24)9-13)33-21-10-19(31-8-7-25-20(32)12-31)29-22(30-21)26-11-18-27-15-3-1-2-4-16(15)28-18/h1-6,9-10H,7-8,11-12H2,(H,25,32)(H,27,28)(H,26,29,30). The van der Waals surface area contributed by atoms with E-state index in [4.69, 9.17) is 27.9 Å². The lowest BCUT2D eigenvalue weighted by atomic mass is 10.3. The predicted octanol–water partition coefficient (Wildman–Crippen LogP) is 4.00. The maximum absolute atomic E-state index is 11.9. The van der Waals surface area contributed by atoms with Crippen LogP contribution in [0.4, 0.5) is 11.8 Å². The third-order valence-electron chi connectivity index (χ3n) is 5.01. The number of rotatable bonds is 6. The van der Waals surface area contributed by atoms with Gasteiger partial charge in [0.1, 0.15) is 17.4 Å². The van der Waals surface area contributed by atoms with Crippen LogP contribution < -0.4 is 20.3 Å². The number of benzene rings is 2. The second-order valence-corrected chi connectivity index (χ2v) is 8.23. The summed E-state index contributed by atoms with van der Waals surface area (Å²) in [7, 11) is 0. The lowest BCUT2D eigenvalue weighted by molar-refractivity contribution is -0.120. The molecule has 1 saturated heterocycles. The number of nitrogens with one attached hydrogen (secondary N) is 3. The van der Waals surface area contributed by atoms with Gasteiger partial charge in [0.15, 0.2) is 0 Å². The summed E-state index contributed by atoms with van der Waals surface area (Å²) in [6, 6.07) is 14.4. The number of aromatic nitrogens is 4. The molecule has 1 fully saturated rings. The van der Waals surface area contributed by atoms with Crippen molar-refractivity contribution in [2.75, 3.05) is 29.9 Å². The first-order valence-electron chi connectivity index (χ1n) is 10.2. The number of para-hydroxylation sites is 2. The quantitative estimate of drug-likeness (QED) is 0.380. The number of amides is 1. The summed E-state index contributed by atoms with van der Waals surface area (Å²) in [5.41, 5.74) is 1.83. The first-order valence-corrected chi connectivity index (χ1v) is 11.0. The number of halogens is 2. The third kappa shape index (κ3) is 4.94. The maximum Gasteiger partial charge on any atom is 0.239 e. The molecule has 0 radical (unpaired) electrons. The van der Waals surface area contributed by atoms with Gasteiger partial charge in [-0.15, -0.1) is 0 Å². The fraction of sp³-hybridized carbons (Fsp3) is 0.182. The van der Waals surface area contributed by atoms with Crippen LogP contribution in [-0.4, -0.2) is 45.5 Å². The van der Waals surface area contributed by atoms with Crippen molar-refractivity contribution < 1.29 is 9.53 Å². The maximum atomic E-state index is 11.9. The fourth-order valence-corrected chi connectivity index (χ4v) is 3.91. The van der Waals surface area contributed by atoms with Gasteiger partial charge in [-0.1, -0.05) is 35.3 Å². The molecule has 1 amide bonds. The molecule has 3 N–H and O–H groups in total. The number of anilines is 2. The lowest BCUT2D eigenvalue weighted by Crippen LogP contribution is -2.48. The van der Waals surface area contributed by atoms with Crippen LogP contribution in [0.25, 0.3) is 11.0 Å². The highest BCUT2D eigenvalue weighted by molar-refractivity contribution is 6.35. The molecule has 0 atom stereocenters. The summed E-state index contributed by atoms with van der Waals surface area (Å²) in [5.74, 6) is 2.25. The molecule has 5 rings (SSSR count). The molecule has 0 unspecified atom stereocenters. The van der Waals surface area contributed by atoms with E-state index < -0.39 is 0 Å². The summed E-state index contributed by atoms with van der Waals surface area (Å²) in [6.45, 7) is 1.72. The highest BCUT2D eigenvalue weighted by Gasteiger charge is 2.20. The molecule has 0 spiro atoms. The SMILES string of the molecule is O=C1CN(c2cc(Oc3ccc(Cl)cc3Cl)nc(NCc3nc4ccccc4[nH]3)n2)CCN1. The van der Waals surface area contributed by atoms with Crippen LogP contribution in [0.3, 0.4) is 0 Å². The average Bonchev–Trinajstić information content (AvgIpc) is 3.23. The summed E-state index contributed by atoms with van der Waals surface area (Å²) >= 11 is 12.2. The molecule has 4 aromatic rings. The highest BCUT2D eigenvalue weighted by Crippen LogP contribution is 2.32. The van der Waals surface area contributed by atoms with Gasteiger partial charge in [-0.05, 0) is 30.3 Å². The van der Waals surface area contributed by atoms with Crippen LogP contribution in [0.2, 0.25) is 10.0 Å². The van der Waals surface area contributed by atoms with E-state index in [1.54, 1.807) is 24.3 Å². The zero-order valence-electron chi connectivity index (χ0n) is 17.3. The second-order valence-electron chi connectivity index (χ2n) is 7.39. The van der Waals surface area contributed by atoms with Crippen LogP contribution in [0.15, 0.2) is 48.5 Å². The minimum Gasteiger partial charge on any atom is -0.437 e. The number of fused-ring (bicyclic) bond motifs is 1. The molecular formula is C22H19Cl2N7O2. The molecule has 3 heterocycles. The van der Waals surface area contributed by atoms with Crippen molar-refractivity contribution in [3.63, 3.8) is 0 Å². The zero-order valence-corrected chi connectivity index (χ0v) is 18.8. The number of aromatic amines is 1. The zero-order chi connectivity index (χ0) is 22.8. The Morgan fingerprint density at radius 1 is 1.09 bits per heavy atom. The predicted molar refractivity (Wildman–Crippen MR) is 127 cm³/mol. The number of nitrogens with zero attached hydrogens (tertiary/aromatic N) is 4. The van der Waals surface area contributed by atoms with E-state index >= 15 is 0 Å². The summed E-state index contributed by atoms with van der Waals surface area (Å²) in [5, 5.41) is 6.86. The van der Waals surface area contributed by atoms with E-state index in [1.165, 1.54) is 0 Å². The van der Waals surface area contributed by atoms with E-state index in [2.05, 4.69) is 30.6 Å². The Labute approximate surface area is 199 Å². The molecule has 2 aromatic carbocycles. The molecule has 0 saturated carbocycles. The van der Waals surface area contributed by atoms with Gasteiger partial charge in [-0.25, -0.2) is 4.98 Å². The van der Waals surface area contributed by atoms with Crippen LogP contribution in [-0.2, 0) is 11.3 Å². The van der Waals surface area contributed by atoms with E-state index in [0.29, 0.717) is 47.2 Å². The Morgan fingerprint density at radius 3 is 2.79 bits per heavy atom. The molecule has 0 aliphatic carbocycles. The van der Waals surface area contributed by atoms with Crippen molar-refractivity contribution in [1.82, 2.24) is 25.3 Å². The highest BCUT2D eigenvalue weighted by atomic mass is 35.5. The number of ether oxygens (including phenoxy) is 1. The molecule has 0 bridgehead atoms. The van der Waals surface area contributed by atoms with E-state index in [-0.39, 0.29) is 18.3 Å². The number of piperazine rings is 1. The molecular weight excluding hydrogens is 465 g/mol. The van der Waals surface area contributed by atoms with Crippen LogP contribution >= 0.6 is 23.2 Å². The number of carbonyl (C=O) groups is 1. The minimum atomic E-state index is -0.0696. The van der Waals surface area contributed by atoms with Gasteiger partial charge in [-0.3, -0.25) is 4.79 Å². The smallest absolute Gasteiger partial charge is 0.239 e.